The number of pyridine rings is 1. The molecule has 2 aromatic rings. The van der Waals surface area contributed by atoms with E-state index in [2.05, 4.69) is 15.6 Å². The predicted molar refractivity (Wildman–Crippen MR) is 80.9 cm³/mol. The minimum Gasteiger partial charge on any atom is -0.387 e. The Hall–Kier alpha value is -2.61. The smallest absolute Gasteiger partial charge is 0.387 e. The third kappa shape index (κ3) is 4.95. The van der Waals surface area contributed by atoms with Gasteiger partial charge < -0.3 is 15.7 Å². The second-order valence-corrected chi connectivity index (χ2v) is 5.03. The highest BCUT2D eigenvalue weighted by atomic mass is 19.4. The van der Waals surface area contributed by atoms with Crippen molar-refractivity contribution in [3.05, 3.63) is 65.5 Å². The number of rotatable bonds is 5. The predicted octanol–water partition coefficient (Wildman–Crippen LogP) is 2.63. The largest absolute Gasteiger partial charge is 0.416 e. The number of alkyl halides is 3. The molecule has 5 nitrogen and oxygen atoms in total. The van der Waals surface area contributed by atoms with E-state index in [1.54, 1.807) is 24.5 Å². The fraction of sp³-hybridized carbons (Fsp3) is 0.250. The van der Waals surface area contributed by atoms with Crippen LogP contribution >= 0.6 is 0 Å². The van der Waals surface area contributed by atoms with Crippen LogP contribution in [0.25, 0.3) is 0 Å². The van der Waals surface area contributed by atoms with Gasteiger partial charge in [-0.1, -0.05) is 24.3 Å². The Morgan fingerprint density at radius 2 is 1.92 bits per heavy atom. The van der Waals surface area contributed by atoms with Crippen molar-refractivity contribution in [2.75, 3.05) is 6.54 Å². The van der Waals surface area contributed by atoms with Crippen LogP contribution in [-0.2, 0) is 12.7 Å². The molecule has 8 heteroatoms. The molecule has 0 aliphatic heterocycles. The maximum absolute atomic E-state index is 12.9. The number of benzene rings is 1. The molecule has 24 heavy (non-hydrogen) atoms. The standard InChI is InChI=1S/C16H16F3N3O2/c17-16(18,19)13-6-2-1-5-12(13)14(23)10-22-15(24)21-9-11-4-3-7-20-8-11/h1-8,14,23H,9-10H2,(H2,21,22,24)/t14-/m0/s1. The van der Waals surface area contributed by atoms with Gasteiger partial charge in [-0.05, 0) is 23.3 Å². The Morgan fingerprint density at radius 1 is 1.17 bits per heavy atom. The maximum Gasteiger partial charge on any atom is 0.416 e. The summed E-state index contributed by atoms with van der Waals surface area (Å²) < 4.78 is 38.7. The van der Waals surface area contributed by atoms with Crippen LogP contribution in [-0.4, -0.2) is 22.7 Å². The SMILES string of the molecule is O=C(NCc1cccnc1)NC[C@H](O)c1ccccc1C(F)(F)F. The maximum atomic E-state index is 12.9. The molecule has 0 saturated heterocycles. The van der Waals surface area contributed by atoms with Gasteiger partial charge in [-0.2, -0.15) is 13.2 Å². The molecule has 1 aromatic carbocycles. The summed E-state index contributed by atoms with van der Waals surface area (Å²) in [5.74, 6) is 0. The Morgan fingerprint density at radius 3 is 2.58 bits per heavy atom. The monoisotopic (exact) mass is 339 g/mol. The summed E-state index contributed by atoms with van der Waals surface area (Å²) in [7, 11) is 0. The molecule has 128 valence electrons. The fourth-order valence-electron chi connectivity index (χ4n) is 2.09. The third-order valence-corrected chi connectivity index (χ3v) is 3.26. The molecule has 1 heterocycles. The van der Waals surface area contributed by atoms with Crippen LogP contribution in [0.3, 0.4) is 0 Å². The molecule has 2 amide bonds. The Labute approximate surface area is 136 Å². The molecule has 3 N–H and O–H groups in total. The van der Waals surface area contributed by atoms with Crippen molar-refractivity contribution in [2.24, 2.45) is 0 Å². The topological polar surface area (TPSA) is 74.2 Å². The fourth-order valence-corrected chi connectivity index (χ4v) is 2.09. The second kappa shape index (κ2) is 7.78. The zero-order chi connectivity index (χ0) is 17.6. The molecule has 0 unspecified atom stereocenters. The summed E-state index contributed by atoms with van der Waals surface area (Å²) >= 11 is 0. The molecule has 0 fully saturated rings. The first-order valence-corrected chi connectivity index (χ1v) is 7.12. The van der Waals surface area contributed by atoms with Crippen LogP contribution in [0.15, 0.2) is 48.8 Å². The number of hydrogen-bond acceptors (Lipinski definition) is 3. The van der Waals surface area contributed by atoms with Crippen molar-refractivity contribution in [3.8, 4) is 0 Å². The highest BCUT2D eigenvalue weighted by molar-refractivity contribution is 5.73. The Balaban J connectivity index is 1.89. The van der Waals surface area contributed by atoms with Gasteiger partial charge in [0, 0.05) is 25.5 Å². The highest BCUT2D eigenvalue weighted by Gasteiger charge is 2.34. The Kier molecular flexibility index (Phi) is 5.75. The number of nitrogens with one attached hydrogen (secondary N) is 2. The van der Waals surface area contributed by atoms with E-state index < -0.39 is 23.9 Å². The van der Waals surface area contributed by atoms with Crippen LogP contribution in [0.2, 0.25) is 0 Å². The minimum atomic E-state index is -4.57. The minimum absolute atomic E-state index is 0.217. The molecule has 0 aliphatic rings. The van der Waals surface area contributed by atoms with Crippen LogP contribution < -0.4 is 10.6 Å². The number of halogens is 3. The van der Waals surface area contributed by atoms with Crippen molar-refractivity contribution < 1.29 is 23.1 Å². The lowest BCUT2D eigenvalue weighted by Gasteiger charge is -2.18. The van der Waals surface area contributed by atoms with E-state index in [1.807, 2.05) is 0 Å². The van der Waals surface area contributed by atoms with Crippen LogP contribution in [0.5, 0.6) is 0 Å². The third-order valence-electron chi connectivity index (χ3n) is 3.26. The summed E-state index contributed by atoms with van der Waals surface area (Å²) in [5, 5.41) is 14.8. The van der Waals surface area contributed by atoms with E-state index >= 15 is 0 Å². The van der Waals surface area contributed by atoms with Crippen molar-refractivity contribution in [2.45, 2.75) is 18.8 Å². The number of aliphatic hydroxyl groups excluding tert-OH is 1. The van der Waals surface area contributed by atoms with Gasteiger partial charge in [-0.15, -0.1) is 0 Å². The number of carbonyl (C=O) groups is 1. The number of hydrogen-bond donors (Lipinski definition) is 3. The van der Waals surface area contributed by atoms with Crippen molar-refractivity contribution in [1.29, 1.82) is 0 Å². The first-order chi connectivity index (χ1) is 11.4. The first kappa shape index (κ1) is 17.7. The number of aromatic nitrogens is 1. The van der Waals surface area contributed by atoms with Gasteiger partial charge in [0.1, 0.15) is 0 Å². The Bertz CT molecular complexity index is 678. The number of aliphatic hydroxyl groups is 1. The number of carbonyl (C=O) groups excluding carboxylic acids is 1. The molecule has 0 spiro atoms. The number of urea groups is 1. The average molecular weight is 339 g/mol. The lowest BCUT2D eigenvalue weighted by Crippen LogP contribution is -2.37. The highest BCUT2D eigenvalue weighted by Crippen LogP contribution is 2.34. The van der Waals surface area contributed by atoms with E-state index in [0.717, 1.165) is 11.6 Å². The van der Waals surface area contributed by atoms with Gasteiger partial charge >= 0.3 is 12.2 Å². The summed E-state index contributed by atoms with van der Waals surface area (Å²) in [6.07, 6.45) is -2.86. The normalized spacial score (nSPS) is 12.5. The van der Waals surface area contributed by atoms with E-state index in [9.17, 15) is 23.1 Å². The first-order valence-electron chi connectivity index (χ1n) is 7.12. The van der Waals surface area contributed by atoms with E-state index in [0.29, 0.717) is 0 Å². The second-order valence-electron chi connectivity index (χ2n) is 5.03. The van der Waals surface area contributed by atoms with Gasteiger partial charge in [-0.3, -0.25) is 4.98 Å². The van der Waals surface area contributed by atoms with Crippen LogP contribution in [0, 0.1) is 0 Å². The molecule has 0 aliphatic carbocycles. The van der Waals surface area contributed by atoms with Gasteiger partial charge in [0.25, 0.3) is 0 Å². The van der Waals surface area contributed by atoms with Gasteiger partial charge in [0.05, 0.1) is 11.7 Å². The van der Waals surface area contributed by atoms with Gasteiger partial charge in [0.2, 0.25) is 0 Å². The molecule has 1 aromatic heterocycles. The lowest BCUT2D eigenvalue weighted by atomic mass is 10.0. The molecule has 0 radical (unpaired) electrons. The zero-order valence-corrected chi connectivity index (χ0v) is 12.5. The summed E-state index contributed by atoms with van der Waals surface area (Å²) in [6, 6.07) is 7.60. The molecule has 0 bridgehead atoms. The van der Waals surface area contributed by atoms with E-state index in [1.165, 1.54) is 18.2 Å². The average Bonchev–Trinajstić information content (AvgIpc) is 2.58. The van der Waals surface area contributed by atoms with Gasteiger partial charge in [-0.25, -0.2) is 4.79 Å². The molecular formula is C16H16F3N3O2. The van der Waals surface area contributed by atoms with Crippen molar-refractivity contribution in [3.63, 3.8) is 0 Å². The van der Waals surface area contributed by atoms with Gasteiger partial charge in [0.15, 0.2) is 0 Å². The van der Waals surface area contributed by atoms with Crippen molar-refractivity contribution >= 4 is 6.03 Å². The quantitative estimate of drug-likeness (QED) is 0.784. The number of nitrogens with zero attached hydrogens (tertiary/aromatic N) is 1. The number of amides is 2. The zero-order valence-electron chi connectivity index (χ0n) is 12.5. The summed E-state index contributed by atoms with van der Waals surface area (Å²) in [5.41, 5.74) is -0.428. The summed E-state index contributed by atoms with van der Waals surface area (Å²) in [6.45, 7) is -0.124. The van der Waals surface area contributed by atoms with E-state index in [4.69, 9.17) is 0 Å². The van der Waals surface area contributed by atoms with Crippen LogP contribution in [0.4, 0.5) is 18.0 Å². The van der Waals surface area contributed by atoms with E-state index in [-0.39, 0.29) is 18.7 Å². The van der Waals surface area contributed by atoms with Crippen LogP contribution in [0.1, 0.15) is 22.8 Å². The lowest BCUT2D eigenvalue weighted by molar-refractivity contribution is -0.139. The molecular weight excluding hydrogens is 323 g/mol. The van der Waals surface area contributed by atoms with Crippen molar-refractivity contribution in [1.82, 2.24) is 15.6 Å². The molecule has 1 atom stereocenters. The molecule has 0 saturated carbocycles. The molecule has 2 rings (SSSR count). The summed E-state index contributed by atoms with van der Waals surface area (Å²) in [4.78, 5) is 15.5.